The van der Waals surface area contributed by atoms with Gasteiger partial charge in [-0.15, -0.1) is 17.9 Å². The first-order valence-corrected chi connectivity index (χ1v) is 10.9. The zero-order valence-corrected chi connectivity index (χ0v) is 16.4. The van der Waals surface area contributed by atoms with Gasteiger partial charge in [0.15, 0.2) is 5.16 Å². The highest BCUT2D eigenvalue weighted by molar-refractivity contribution is 7.99. The summed E-state index contributed by atoms with van der Waals surface area (Å²) in [6.45, 7) is 4.34. The van der Waals surface area contributed by atoms with Crippen LogP contribution in [0.15, 0.2) is 52.9 Å². The number of nitrogens with zero attached hydrogens (tertiary/aromatic N) is 2. The molecule has 134 valence electrons. The van der Waals surface area contributed by atoms with Gasteiger partial charge in [-0.3, -0.25) is 9.36 Å². The number of thiophene rings is 1. The lowest BCUT2D eigenvalue weighted by molar-refractivity contribution is 0.668. The summed E-state index contributed by atoms with van der Waals surface area (Å²) in [7, 11) is 0. The summed E-state index contributed by atoms with van der Waals surface area (Å²) >= 11 is 3.39. The van der Waals surface area contributed by atoms with Crippen molar-refractivity contribution in [2.24, 2.45) is 0 Å². The maximum absolute atomic E-state index is 13.2. The molecular formula is C21H22N2OS2. The van der Waals surface area contributed by atoms with Gasteiger partial charge >= 0.3 is 0 Å². The number of aryl methyl sites for hydroxylation is 3. The minimum atomic E-state index is 0.108. The molecule has 0 spiro atoms. The van der Waals surface area contributed by atoms with Crippen LogP contribution in [0.5, 0.6) is 0 Å². The molecule has 3 nitrogen and oxygen atoms in total. The molecule has 0 saturated heterocycles. The minimum absolute atomic E-state index is 0.108. The third kappa shape index (κ3) is 3.38. The quantitative estimate of drug-likeness (QED) is 0.347. The number of benzene rings is 1. The summed E-state index contributed by atoms with van der Waals surface area (Å²) in [5.41, 5.74) is 2.68. The van der Waals surface area contributed by atoms with Gasteiger partial charge < -0.3 is 0 Å². The molecule has 2 heterocycles. The number of allylic oxidation sites excluding steroid dienone is 1. The van der Waals surface area contributed by atoms with E-state index in [-0.39, 0.29) is 5.56 Å². The van der Waals surface area contributed by atoms with Gasteiger partial charge in [-0.1, -0.05) is 48.2 Å². The van der Waals surface area contributed by atoms with E-state index >= 15 is 0 Å². The molecule has 0 bridgehead atoms. The average molecular weight is 383 g/mol. The number of thioether (sulfide) groups is 1. The molecule has 0 atom stereocenters. The van der Waals surface area contributed by atoms with E-state index in [2.05, 4.69) is 30.8 Å². The first kappa shape index (κ1) is 17.6. The van der Waals surface area contributed by atoms with Gasteiger partial charge in [0, 0.05) is 17.2 Å². The second-order valence-corrected chi connectivity index (χ2v) is 8.72. The third-order valence-corrected chi connectivity index (χ3v) is 6.98. The van der Waals surface area contributed by atoms with Crippen LogP contribution in [0, 0.1) is 0 Å². The van der Waals surface area contributed by atoms with Gasteiger partial charge in [0.05, 0.1) is 5.39 Å². The van der Waals surface area contributed by atoms with Crippen molar-refractivity contribution in [1.29, 1.82) is 0 Å². The van der Waals surface area contributed by atoms with Crippen LogP contribution in [0.1, 0.15) is 28.8 Å². The molecule has 0 amide bonds. The highest BCUT2D eigenvalue weighted by atomic mass is 32.2. The molecular weight excluding hydrogens is 360 g/mol. The fraction of sp³-hybridized carbons (Fsp3) is 0.333. The molecule has 3 aromatic rings. The maximum atomic E-state index is 13.2. The molecule has 0 unspecified atom stereocenters. The Morgan fingerprint density at radius 3 is 2.85 bits per heavy atom. The maximum Gasteiger partial charge on any atom is 0.263 e. The Morgan fingerprint density at radius 1 is 1.23 bits per heavy atom. The van der Waals surface area contributed by atoms with Gasteiger partial charge in [0.25, 0.3) is 5.56 Å². The van der Waals surface area contributed by atoms with E-state index in [1.807, 2.05) is 6.07 Å². The van der Waals surface area contributed by atoms with E-state index < -0.39 is 0 Å². The molecule has 1 aromatic carbocycles. The Hall–Kier alpha value is -1.85. The second-order valence-electron chi connectivity index (χ2n) is 6.57. The van der Waals surface area contributed by atoms with Crippen molar-refractivity contribution < 1.29 is 0 Å². The van der Waals surface area contributed by atoms with Crippen molar-refractivity contribution in [3.05, 3.63) is 69.3 Å². The number of rotatable bonds is 6. The topological polar surface area (TPSA) is 34.9 Å². The molecule has 1 aliphatic carbocycles. The van der Waals surface area contributed by atoms with E-state index in [0.717, 1.165) is 40.4 Å². The van der Waals surface area contributed by atoms with E-state index in [1.54, 1.807) is 33.7 Å². The van der Waals surface area contributed by atoms with Gasteiger partial charge in [-0.2, -0.15) is 0 Å². The van der Waals surface area contributed by atoms with Gasteiger partial charge in [-0.25, -0.2) is 4.98 Å². The standard InChI is InChI=1S/C21H22N2OS2/c1-2-13-23-20(24)18-16-10-6-7-11-17(16)26-19(18)22-21(23)25-14-12-15-8-4-3-5-9-15/h2-5,8-9H,1,6-7,10-14H2. The van der Waals surface area contributed by atoms with Crippen molar-refractivity contribution in [2.45, 2.75) is 43.8 Å². The smallest absolute Gasteiger partial charge is 0.263 e. The van der Waals surface area contributed by atoms with Crippen LogP contribution in [-0.2, 0) is 25.8 Å². The largest absolute Gasteiger partial charge is 0.283 e. The molecule has 0 aliphatic heterocycles. The molecule has 1 aliphatic rings. The number of hydrogen-bond donors (Lipinski definition) is 0. The van der Waals surface area contributed by atoms with Crippen LogP contribution in [0.3, 0.4) is 0 Å². The van der Waals surface area contributed by atoms with E-state index in [9.17, 15) is 4.79 Å². The molecule has 0 N–H and O–H groups in total. The highest BCUT2D eigenvalue weighted by Crippen LogP contribution is 2.34. The van der Waals surface area contributed by atoms with Crippen molar-refractivity contribution in [3.63, 3.8) is 0 Å². The minimum Gasteiger partial charge on any atom is -0.283 e. The second kappa shape index (κ2) is 7.80. The van der Waals surface area contributed by atoms with Gasteiger partial charge in [0.1, 0.15) is 4.83 Å². The molecule has 4 rings (SSSR count). The summed E-state index contributed by atoms with van der Waals surface area (Å²) in [5.74, 6) is 0.907. The summed E-state index contributed by atoms with van der Waals surface area (Å²) in [4.78, 5) is 20.4. The fourth-order valence-electron chi connectivity index (χ4n) is 3.52. The van der Waals surface area contributed by atoms with Crippen molar-refractivity contribution in [2.75, 3.05) is 5.75 Å². The molecule has 0 radical (unpaired) electrons. The zero-order valence-electron chi connectivity index (χ0n) is 14.7. The van der Waals surface area contributed by atoms with Crippen LogP contribution in [0.25, 0.3) is 10.2 Å². The lowest BCUT2D eigenvalue weighted by Gasteiger charge is -2.12. The summed E-state index contributed by atoms with van der Waals surface area (Å²) in [5, 5.41) is 1.68. The molecule has 0 saturated carbocycles. The van der Waals surface area contributed by atoms with Crippen molar-refractivity contribution >= 4 is 33.3 Å². The van der Waals surface area contributed by atoms with Crippen LogP contribution in [0.2, 0.25) is 0 Å². The number of hydrogen-bond acceptors (Lipinski definition) is 4. The van der Waals surface area contributed by atoms with Crippen LogP contribution in [0.4, 0.5) is 0 Å². The van der Waals surface area contributed by atoms with Crippen molar-refractivity contribution in [1.82, 2.24) is 9.55 Å². The number of aromatic nitrogens is 2. The predicted molar refractivity (Wildman–Crippen MR) is 112 cm³/mol. The lowest BCUT2D eigenvalue weighted by atomic mass is 9.97. The Balaban J connectivity index is 1.68. The summed E-state index contributed by atoms with van der Waals surface area (Å²) in [6, 6.07) is 10.4. The normalized spacial score (nSPS) is 13.7. The Bertz CT molecular complexity index is 989. The van der Waals surface area contributed by atoms with Crippen LogP contribution in [-0.4, -0.2) is 15.3 Å². The fourth-order valence-corrected chi connectivity index (χ4v) is 5.82. The molecule has 5 heteroatoms. The zero-order chi connectivity index (χ0) is 17.9. The Kier molecular flexibility index (Phi) is 5.27. The first-order chi connectivity index (χ1) is 12.8. The monoisotopic (exact) mass is 382 g/mol. The summed E-state index contributed by atoms with van der Waals surface area (Å²) < 4.78 is 1.80. The predicted octanol–water partition coefficient (Wildman–Crippen LogP) is 4.86. The average Bonchev–Trinajstić information content (AvgIpc) is 3.04. The summed E-state index contributed by atoms with van der Waals surface area (Å²) in [6.07, 6.45) is 7.25. The van der Waals surface area contributed by atoms with Crippen LogP contribution < -0.4 is 5.56 Å². The van der Waals surface area contributed by atoms with E-state index in [1.165, 1.54) is 28.8 Å². The Morgan fingerprint density at radius 2 is 2.04 bits per heavy atom. The van der Waals surface area contributed by atoms with E-state index in [0.29, 0.717) is 6.54 Å². The van der Waals surface area contributed by atoms with Crippen LogP contribution >= 0.6 is 23.1 Å². The lowest BCUT2D eigenvalue weighted by Crippen LogP contribution is -2.23. The first-order valence-electron chi connectivity index (χ1n) is 9.10. The number of fused-ring (bicyclic) bond motifs is 3. The van der Waals surface area contributed by atoms with Gasteiger partial charge in [-0.05, 0) is 43.2 Å². The van der Waals surface area contributed by atoms with E-state index in [4.69, 9.17) is 4.98 Å². The van der Waals surface area contributed by atoms with Gasteiger partial charge in [0.2, 0.25) is 0 Å². The molecule has 0 fully saturated rings. The molecule has 2 aromatic heterocycles. The SMILES string of the molecule is C=CCn1c(SCCc2ccccc2)nc2sc3c(c2c1=O)CCCC3. The third-order valence-electron chi connectivity index (χ3n) is 4.82. The highest BCUT2D eigenvalue weighted by Gasteiger charge is 2.21. The molecule has 26 heavy (non-hydrogen) atoms. The Labute approximate surface area is 161 Å². The van der Waals surface area contributed by atoms with Crippen molar-refractivity contribution in [3.8, 4) is 0 Å².